The first-order valence-corrected chi connectivity index (χ1v) is 9.47. The highest BCUT2D eigenvalue weighted by molar-refractivity contribution is 7.18. The Balaban J connectivity index is 1.65. The molecule has 0 unspecified atom stereocenters. The number of aryl methyl sites for hydroxylation is 1. The molecule has 0 aliphatic rings. The zero-order valence-corrected chi connectivity index (χ0v) is 16.4. The van der Waals surface area contributed by atoms with E-state index in [0.717, 1.165) is 5.56 Å². The number of amides is 2. The minimum absolute atomic E-state index is 0.139. The Morgan fingerprint density at radius 1 is 1.07 bits per heavy atom. The summed E-state index contributed by atoms with van der Waals surface area (Å²) >= 11 is 1.25. The number of anilines is 1. The monoisotopic (exact) mass is 382 g/mol. The Bertz CT molecular complexity index is 928. The predicted molar refractivity (Wildman–Crippen MR) is 108 cm³/mol. The first kappa shape index (κ1) is 18.9. The summed E-state index contributed by atoms with van der Waals surface area (Å²) < 4.78 is 5.08. The maximum absolute atomic E-state index is 12.6. The van der Waals surface area contributed by atoms with E-state index >= 15 is 0 Å². The molecule has 2 amide bonds. The normalized spacial score (nSPS) is 11.2. The molecule has 0 spiro atoms. The highest BCUT2D eigenvalue weighted by atomic mass is 32.1. The third-order valence-corrected chi connectivity index (χ3v) is 5.50. The topological polar surface area (TPSA) is 71.3 Å². The average Bonchev–Trinajstić information content (AvgIpc) is 3.30. The summed E-state index contributed by atoms with van der Waals surface area (Å²) in [5.74, 6) is -0.241. The Morgan fingerprint density at radius 3 is 2.48 bits per heavy atom. The van der Waals surface area contributed by atoms with Crippen molar-refractivity contribution in [2.75, 3.05) is 11.9 Å². The van der Waals surface area contributed by atoms with E-state index in [1.54, 1.807) is 18.2 Å². The van der Waals surface area contributed by atoms with E-state index in [4.69, 9.17) is 4.42 Å². The van der Waals surface area contributed by atoms with Crippen molar-refractivity contribution < 1.29 is 14.0 Å². The fraction of sp³-hybridized carbons (Fsp3) is 0.238. The van der Waals surface area contributed by atoms with Gasteiger partial charge in [0.1, 0.15) is 0 Å². The van der Waals surface area contributed by atoms with Crippen molar-refractivity contribution in [2.24, 2.45) is 0 Å². The second-order valence-corrected chi connectivity index (χ2v) is 8.04. The number of rotatable bonds is 6. The van der Waals surface area contributed by atoms with Crippen molar-refractivity contribution in [2.45, 2.75) is 26.2 Å². The summed E-state index contributed by atoms with van der Waals surface area (Å²) in [5, 5.41) is 6.39. The van der Waals surface area contributed by atoms with Crippen LogP contribution < -0.4 is 10.6 Å². The molecule has 6 heteroatoms. The van der Waals surface area contributed by atoms with Gasteiger partial charge in [0, 0.05) is 12.0 Å². The fourth-order valence-corrected chi connectivity index (χ4v) is 3.71. The molecule has 0 aliphatic carbocycles. The van der Waals surface area contributed by atoms with Gasteiger partial charge in [0.15, 0.2) is 5.76 Å². The lowest BCUT2D eigenvalue weighted by atomic mass is 9.84. The lowest BCUT2D eigenvalue weighted by Gasteiger charge is -2.25. The molecule has 0 atom stereocenters. The molecular weight excluding hydrogens is 360 g/mol. The number of hydrogen-bond acceptors (Lipinski definition) is 4. The minimum Gasteiger partial charge on any atom is -0.459 e. The van der Waals surface area contributed by atoms with Crippen molar-refractivity contribution in [3.05, 3.63) is 76.6 Å². The Kier molecular flexibility index (Phi) is 5.46. The molecule has 0 fully saturated rings. The van der Waals surface area contributed by atoms with Gasteiger partial charge in [0.2, 0.25) is 0 Å². The zero-order valence-electron chi connectivity index (χ0n) is 15.5. The maximum atomic E-state index is 12.6. The molecule has 1 aromatic carbocycles. The van der Waals surface area contributed by atoms with E-state index in [-0.39, 0.29) is 23.0 Å². The molecule has 2 aromatic heterocycles. The van der Waals surface area contributed by atoms with Gasteiger partial charge in [-0.05, 0) is 36.2 Å². The zero-order chi connectivity index (χ0) is 19.4. The Labute approximate surface area is 162 Å². The van der Waals surface area contributed by atoms with E-state index in [2.05, 4.69) is 36.6 Å². The number of hydrogen-bond donors (Lipinski definition) is 2. The molecule has 2 N–H and O–H groups in total. The van der Waals surface area contributed by atoms with Gasteiger partial charge in [-0.25, -0.2) is 0 Å². The van der Waals surface area contributed by atoms with Gasteiger partial charge < -0.3 is 15.1 Å². The first-order valence-electron chi connectivity index (χ1n) is 8.66. The molecule has 5 nitrogen and oxygen atoms in total. The molecule has 0 saturated heterocycles. The van der Waals surface area contributed by atoms with Crippen LogP contribution in [0.3, 0.4) is 0 Å². The van der Waals surface area contributed by atoms with E-state index in [1.807, 2.05) is 25.1 Å². The smallest absolute Gasteiger partial charge is 0.291 e. The quantitative estimate of drug-likeness (QED) is 0.654. The van der Waals surface area contributed by atoms with Gasteiger partial charge in [0.25, 0.3) is 11.8 Å². The molecule has 0 bridgehead atoms. The number of nitrogens with one attached hydrogen (secondary N) is 2. The number of furan rings is 1. The second-order valence-electron chi connectivity index (χ2n) is 6.99. The SMILES string of the molecule is Cc1cc(NC(=O)c2ccco2)sc1C(=O)NCC(C)(C)c1ccccc1. The highest BCUT2D eigenvalue weighted by Gasteiger charge is 2.23. The number of thiophene rings is 1. The van der Waals surface area contributed by atoms with Crippen LogP contribution in [0, 0.1) is 6.92 Å². The lowest BCUT2D eigenvalue weighted by molar-refractivity contribution is 0.0948. The number of carbonyl (C=O) groups is 2. The van der Waals surface area contributed by atoms with Crippen LogP contribution in [-0.2, 0) is 5.41 Å². The summed E-state index contributed by atoms with van der Waals surface area (Å²) in [4.78, 5) is 25.3. The standard InChI is InChI=1S/C21H22N2O3S/c1-14-12-17(23-19(24)16-10-7-11-26-16)27-18(14)20(25)22-13-21(2,3)15-8-5-4-6-9-15/h4-12H,13H2,1-3H3,(H,22,25)(H,23,24). The van der Waals surface area contributed by atoms with Gasteiger partial charge in [0.05, 0.1) is 16.1 Å². The number of benzene rings is 1. The van der Waals surface area contributed by atoms with Gasteiger partial charge >= 0.3 is 0 Å². The van der Waals surface area contributed by atoms with E-state index in [9.17, 15) is 9.59 Å². The predicted octanol–water partition coefficient (Wildman–Crippen LogP) is 4.61. The average molecular weight is 382 g/mol. The minimum atomic E-state index is -0.335. The first-order chi connectivity index (χ1) is 12.9. The Morgan fingerprint density at radius 2 is 1.81 bits per heavy atom. The lowest BCUT2D eigenvalue weighted by Crippen LogP contribution is -2.36. The molecule has 0 radical (unpaired) electrons. The largest absolute Gasteiger partial charge is 0.459 e. The van der Waals surface area contributed by atoms with Crippen molar-refractivity contribution in [1.82, 2.24) is 5.32 Å². The van der Waals surface area contributed by atoms with Gasteiger partial charge in [-0.1, -0.05) is 44.2 Å². The van der Waals surface area contributed by atoms with Crippen molar-refractivity contribution >= 4 is 28.2 Å². The van der Waals surface area contributed by atoms with Gasteiger partial charge in [-0.2, -0.15) is 0 Å². The van der Waals surface area contributed by atoms with Crippen molar-refractivity contribution in [1.29, 1.82) is 0 Å². The second kappa shape index (κ2) is 7.80. The summed E-state index contributed by atoms with van der Waals surface area (Å²) in [5.41, 5.74) is 1.81. The van der Waals surface area contributed by atoms with Crippen molar-refractivity contribution in [3.8, 4) is 0 Å². The third kappa shape index (κ3) is 4.46. The summed E-state index contributed by atoms with van der Waals surface area (Å²) in [6.45, 7) is 6.56. The summed E-state index contributed by atoms with van der Waals surface area (Å²) in [7, 11) is 0. The summed E-state index contributed by atoms with van der Waals surface area (Å²) in [6.07, 6.45) is 1.45. The summed E-state index contributed by atoms with van der Waals surface area (Å²) in [6, 6.07) is 15.1. The van der Waals surface area contributed by atoms with Crippen molar-refractivity contribution in [3.63, 3.8) is 0 Å². The third-order valence-electron chi connectivity index (χ3n) is 4.35. The van der Waals surface area contributed by atoms with Crippen LogP contribution in [0.25, 0.3) is 0 Å². The van der Waals surface area contributed by atoms with Crippen LogP contribution in [0.15, 0.2) is 59.2 Å². The van der Waals surface area contributed by atoms with Gasteiger partial charge in [-0.15, -0.1) is 11.3 Å². The Hall–Kier alpha value is -2.86. The fourth-order valence-electron chi connectivity index (χ4n) is 2.72. The molecule has 140 valence electrons. The molecule has 3 aromatic rings. The highest BCUT2D eigenvalue weighted by Crippen LogP contribution is 2.28. The van der Waals surface area contributed by atoms with Crippen LogP contribution in [0.1, 0.15) is 45.2 Å². The van der Waals surface area contributed by atoms with Crippen LogP contribution in [-0.4, -0.2) is 18.4 Å². The van der Waals surface area contributed by atoms with Crippen LogP contribution in [0.4, 0.5) is 5.00 Å². The van der Waals surface area contributed by atoms with Crippen LogP contribution >= 0.6 is 11.3 Å². The molecular formula is C21H22N2O3S. The number of carbonyl (C=O) groups excluding carboxylic acids is 2. The van der Waals surface area contributed by atoms with E-state index in [1.165, 1.54) is 23.2 Å². The molecule has 0 aliphatic heterocycles. The molecule has 2 heterocycles. The molecule has 3 rings (SSSR count). The van der Waals surface area contributed by atoms with Gasteiger partial charge in [-0.3, -0.25) is 9.59 Å². The van der Waals surface area contributed by atoms with E-state index < -0.39 is 0 Å². The van der Waals surface area contributed by atoms with E-state index in [0.29, 0.717) is 16.4 Å². The molecule has 0 saturated carbocycles. The van der Waals surface area contributed by atoms with Crippen LogP contribution in [0.5, 0.6) is 0 Å². The molecule has 27 heavy (non-hydrogen) atoms. The van der Waals surface area contributed by atoms with Crippen LogP contribution in [0.2, 0.25) is 0 Å². The maximum Gasteiger partial charge on any atom is 0.291 e.